The fourth-order valence-corrected chi connectivity index (χ4v) is 3.82. The van der Waals surface area contributed by atoms with Crippen LogP contribution in [0.15, 0.2) is 49.2 Å². The van der Waals surface area contributed by atoms with E-state index in [1.807, 2.05) is 30.3 Å². The fraction of sp³-hybridized carbons (Fsp3) is 0.238. The Balaban J connectivity index is 2.00. The van der Waals surface area contributed by atoms with Gasteiger partial charge in [-0.1, -0.05) is 44.7 Å². The summed E-state index contributed by atoms with van der Waals surface area (Å²) in [6, 6.07) is 9.57. The maximum absolute atomic E-state index is 11.9. The number of hydrogen-bond donors (Lipinski definition) is 0. The summed E-state index contributed by atoms with van der Waals surface area (Å²) in [6.07, 6.45) is 3.38. The van der Waals surface area contributed by atoms with E-state index in [4.69, 9.17) is 21.3 Å². The maximum atomic E-state index is 11.9. The molecule has 1 aromatic carbocycles. The smallest absolute Gasteiger partial charge is 0.310 e. The minimum Gasteiger partial charge on any atom is -0.461 e. The molecule has 0 atom stereocenters. The Labute approximate surface area is 173 Å². The predicted octanol–water partition coefficient (Wildman–Crippen LogP) is 5.32. The van der Waals surface area contributed by atoms with Gasteiger partial charge in [0.05, 0.1) is 27.7 Å². The van der Waals surface area contributed by atoms with Gasteiger partial charge in [0.2, 0.25) is 5.28 Å². The van der Waals surface area contributed by atoms with Crippen molar-refractivity contribution in [2.45, 2.75) is 26.2 Å². The van der Waals surface area contributed by atoms with Crippen LogP contribution in [0.3, 0.4) is 0 Å². The molecular weight excluding hydrogens is 394 g/mol. The van der Waals surface area contributed by atoms with Gasteiger partial charge in [-0.25, -0.2) is 15.0 Å². The second-order valence-electron chi connectivity index (χ2n) is 6.44. The van der Waals surface area contributed by atoms with Gasteiger partial charge in [-0.05, 0) is 29.3 Å². The van der Waals surface area contributed by atoms with Gasteiger partial charge in [-0.3, -0.25) is 4.79 Å². The minimum atomic E-state index is -0.291. The number of rotatable bonds is 7. The Morgan fingerprint density at radius 3 is 2.86 bits per heavy atom. The van der Waals surface area contributed by atoms with Gasteiger partial charge >= 0.3 is 5.97 Å². The number of carbonyl (C=O) groups is 1. The summed E-state index contributed by atoms with van der Waals surface area (Å²) in [5, 5.41) is 1.21. The lowest BCUT2D eigenvalue weighted by atomic mass is 10.0. The molecule has 0 bridgehead atoms. The van der Waals surface area contributed by atoms with Crippen molar-refractivity contribution in [1.82, 2.24) is 15.0 Å². The highest BCUT2D eigenvalue weighted by Crippen LogP contribution is 2.38. The molecule has 0 aliphatic rings. The molecule has 0 aliphatic carbocycles. The highest BCUT2D eigenvalue weighted by Gasteiger charge is 2.18. The van der Waals surface area contributed by atoms with Crippen molar-refractivity contribution >= 4 is 28.9 Å². The summed E-state index contributed by atoms with van der Waals surface area (Å²) >= 11 is 7.58. The van der Waals surface area contributed by atoms with Crippen LogP contribution in [0, 0.1) is 0 Å². The number of hydrogen-bond acceptors (Lipinski definition) is 6. The molecule has 28 heavy (non-hydrogen) atoms. The van der Waals surface area contributed by atoms with Crippen LogP contribution >= 0.6 is 22.9 Å². The molecule has 3 aromatic rings. The average Bonchev–Trinajstić information content (AvgIpc) is 3.12. The molecule has 0 radical (unpaired) electrons. The number of carbonyl (C=O) groups excluding carboxylic acids is 1. The molecule has 0 saturated heterocycles. The Morgan fingerprint density at radius 2 is 2.14 bits per heavy atom. The molecule has 0 unspecified atom stereocenters. The highest BCUT2D eigenvalue weighted by atomic mass is 35.5. The molecular formula is C21H20ClN3O2S. The van der Waals surface area contributed by atoms with Crippen molar-refractivity contribution < 1.29 is 9.53 Å². The number of benzene rings is 1. The van der Waals surface area contributed by atoms with E-state index in [0.717, 1.165) is 32.4 Å². The molecule has 0 fully saturated rings. The monoisotopic (exact) mass is 413 g/mol. The van der Waals surface area contributed by atoms with Crippen LogP contribution < -0.4 is 0 Å². The molecule has 7 heteroatoms. The normalized spacial score (nSPS) is 10.9. The van der Waals surface area contributed by atoms with Crippen LogP contribution in [0.2, 0.25) is 5.28 Å². The second kappa shape index (κ2) is 9.08. The molecule has 2 heterocycles. The second-order valence-corrected chi connectivity index (χ2v) is 7.81. The summed E-state index contributed by atoms with van der Waals surface area (Å²) in [7, 11) is 0. The number of ether oxygens (including phenoxy) is 1. The van der Waals surface area contributed by atoms with Crippen LogP contribution in [-0.4, -0.2) is 27.5 Å². The number of aromatic nitrogens is 3. The van der Waals surface area contributed by atoms with Crippen molar-refractivity contribution in [3.63, 3.8) is 0 Å². The van der Waals surface area contributed by atoms with Crippen LogP contribution in [0.25, 0.3) is 21.8 Å². The Morgan fingerprint density at radius 1 is 1.32 bits per heavy atom. The van der Waals surface area contributed by atoms with Crippen molar-refractivity contribution in [3.8, 4) is 21.8 Å². The summed E-state index contributed by atoms with van der Waals surface area (Å²) in [6.45, 7) is 7.96. The van der Waals surface area contributed by atoms with Crippen molar-refractivity contribution in [2.24, 2.45) is 0 Å². The van der Waals surface area contributed by atoms with Crippen LogP contribution in [0.5, 0.6) is 0 Å². The van der Waals surface area contributed by atoms with E-state index in [1.54, 1.807) is 23.6 Å². The number of nitrogens with zero attached hydrogens (tertiary/aromatic N) is 3. The number of halogens is 1. The standard InChI is InChI=1S/C21H20ClN3O2S/c1-4-10-27-17(26)12-14-6-5-7-15(11-14)18-19(28-20(25-18)13(2)3)16-8-9-23-21(22)24-16/h4-9,11,13H,1,10,12H2,2-3H3. The highest BCUT2D eigenvalue weighted by molar-refractivity contribution is 7.15. The van der Waals surface area contributed by atoms with Gasteiger partial charge in [-0.15, -0.1) is 11.3 Å². The third kappa shape index (κ3) is 4.82. The summed E-state index contributed by atoms with van der Waals surface area (Å²) in [5.74, 6) is -0.00660. The first-order valence-electron chi connectivity index (χ1n) is 8.83. The Bertz CT molecular complexity index is 1000. The average molecular weight is 414 g/mol. The zero-order valence-electron chi connectivity index (χ0n) is 15.7. The van der Waals surface area contributed by atoms with Gasteiger partial charge in [0.25, 0.3) is 0 Å². The van der Waals surface area contributed by atoms with E-state index < -0.39 is 0 Å². The van der Waals surface area contributed by atoms with Crippen LogP contribution in [0.1, 0.15) is 30.3 Å². The van der Waals surface area contributed by atoms with Crippen LogP contribution in [0.4, 0.5) is 0 Å². The Hall–Kier alpha value is -2.57. The number of thiazole rings is 1. The van der Waals surface area contributed by atoms with Gasteiger partial charge in [0.1, 0.15) is 6.61 Å². The minimum absolute atomic E-state index is 0.192. The molecule has 144 valence electrons. The molecule has 0 N–H and O–H groups in total. The predicted molar refractivity (Wildman–Crippen MR) is 113 cm³/mol. The first-order valence-corrected chi connectivity index (χ1v) is 10.0. The van der Waals surface area contributed by atoms with Crippen molar-refractivity contribution in [3.05, 3.63) is 65.0 Å². The molecule has 0 amide bonds. The van der Waals surface area contributed by atoms with Gasteiger partial charge in [-0.2, -0.15) is 0 Å². The lowest BCUT2D eigenvalue weighted by Crippen LogP contribution is -2.07. The first kappa shape index (κ1) is 20.2. The molecule has 3 rings (SSSR count). The lowest BCUT2D eigenvalue weighted by molar-refractivity contribution is -0.141. The summed E-state index contributed by atoms with van der Waals surface area (Å²) < 4.78 is 5.08. The zero-order chi connectivity index (χ0) is 20.1. The van der Waals surface area contributed by atoms with Crippen molar-refractivity contribution in [1.29, 1.82) is 0 Å². The van der Waals surface area contributed by atoms with Gasteiger partial charge in [0.15, 0.2) is 0 Å². The van der Waals surface area contributed by atoms with E-state index in [2.05, 4.69) is 30.4 Å². The van der Waals surface area contributed by atoms with Gasteiger partial charge in [0, 0.05) is 17.7 Å². The third-order valence-electron chi connectivity index (χ3n) is 3.91. The van der Waals surface area contributed by atoms with E-state index in [-0.39, 0.29) is 30.2 Å². The molecule has 2 aromatic heterocycles. The maximum Gasteiger partial charge on any atom is 0.310 e. The van der Waals surface area contributed by atoms with Crippen molar-refractivity contribution in [2.75, 3.05) is 6.61 Å². The lowest BCUT2D eigenvalue weighted by Gasteiger charge is -2.06. The number of esters is 1. The largest absolute Gasteiger partial charge is 0.461 e. The molecule has 5 nitrogen and oxygen atoms in total. The van der Waals surface area contributed by atoms with Gasteiger partial charge < -0.3 is 4.74 Å². The molecule has 0 saturated carbocycles. The van der Waals surface area contributed by atoms with E-state index in [1.165, 1.54) is 0 Å². The summed E-state index contributed by atoms with van der Waals surface area (Å²) in [5.41, 5.74) is 3.33. The molecule has 0 spiro atoms. The third-order valence-corrected chi connectivity index (χ3v) is 5.47. The topological polar surface area (TPSA) is 65.0 Å². The fourth-order valence-electron chi connectivity index (χ4n) is 2.61. The molecule has 0 aliphatic heterocycles. The zero-order valence-corrected chi connectivity index (χ0v) is 17.3. The SMILES string of the molecule is C=CCOC(=O)Cc1cccc(-c2nc(C(C)C)sc2-c2ccnc(Cl)n2)c1. The Kier molecular flexibility index (Phi) is 6.54. The van der Waals surface area contributed by atoms with E-state index in [0.29, 0.717) is 0 Å². The van der Waals surface area contributed by atoms with E-state index >= 15 is 0 Å². The quantitative estimate of drug-likeness (QED) is 0.298. The van der Waals surface area contributed by atoms with E-state index in [9.17, 15) is 4.79 Å². The van der Waals surface area contributed by atoms with Crippen LogP contribution in [-0.2, 0) is 16.0 Å². The first-order chi connectivity index (χ1) is 13.5. The summed E-state index contributed by atoms with van der Waals surface area (Å²) in [4.78, 5) is 26.0.